The molecular formula is C46H34N2. The second-order valence-electron chi connectivity index (χ2n) is 12.6. The molecule has 9 rings (SSSR count). The number of para-hydroxylation sites is 2. The Morgan fingerprint density at radius 3 is 1.73 bits per heavy atom. The normalized spacial score (nSPS) is 16.6. The monoisotopic (exact) mass is 614 g/mol. The van der Waals surface area contributed by atoms with Crippen molar-refractivity contribution in [2.45, 2.75) is 0 Å². The van der Waals surface area contributed by atoms with Gasteiger partial charge >= 0.3 is 0 Å². The van der Waals surface area contributed by atoms with Gasteiger partial charge in [0.2, 0.25) is 0 Å². The van der Waals surface area contributed by atoms with Gasteiger partial charge in [-0.25, -0.2) is 0 Å². The fourth-order valence-electron chi connectivity index (χ4n) is 7.30. The molecule has 228 valence electrons. The van der Waals surface area contributed by atoms with Crippen LogP contribution in [0.3, 0.4) is 0 Å². The van der Waals surface area contributed by atoms with Gasteiger partial charge in [0.1, 0.15) is 0 Å². The molecule has 1 aromatic heterocycles. The van der Waals surface area contributed by atoms with Crippen molar-refractivity contribution in [3.05, 3.63) is 200 Å². The third-order valence-electron chi connectivity index (χ3n) is 9.71. The lowest BCUT2D eigenvalue weighted by Gasteiger charge is -2.31. The molecule has 0 spiro atoms. The van der Waals surface area contributed by atoms with Gasteiger partial charge in [-0.15, -0.1) is 0 Å². The first-order valence-electron chi connectivity index (χ1n) is 16.7. The Morgan fingerprint density at radius 2 is 1.00 bits per heavy atom. The van der Waals surface area contributed by atoms with Gasteiger partial charge in [-0.3, -0.25) is 0 Å². The van der Waals surface area contributed by atoms with Gasteiger partial charge in [0.25, 0.3) is 0 Å². The Balaban J connectivity index is 1.10. The number of fused-ring (bicyclic) bond motifs is 4. The predicted octanol–water partition coefficient (Wildman–Crippen LogP) is 12.1. The first-order valence-corrected chi connectivity index (χ1v) is 16.7. The molecule has 0 aliphatic heterocycles. The van der Waals surface area contributed by atoms with Crippen molar-refractivity contribution >= 4 is 33.2 Å². The van der Waals surface area contributed by atoms with Crippen molar-refractivity contribution < 1.29 is 0 Å². The first-order chi connectivity index (χ1) is 23.8. The van der Waals surface area contributed by atoms with Gasteiger partial charge in [-0.1, -0.05) is 134 Å². The lowest BCUT2D eigenvalue weighted by molar-refractivity contribution is 0.652. The molecule has 0 saturated carbocycles. The molecule has 2 heteroatoms. The Labute approximate surface area is 281 Å². The molecule has 6 aromatic carbocycles. The number of hydrogen-bond donors (Lipinski definition) is 0. The zero-order valence-electron chi connectivity index (χ0n) is 26.5. The molecule has 0 N–H and O–H groups in total. The molecule has 0 amide bonds. The standard InChI is InChI=1S/C46H34N2/c1-3-11-33(12-4-1)35-19-25-40(26-20-35)47(42-29-23-34-13-7-8-14-37(34)31-42)41-27-21-36(22-28-41)38-24-30-46-44(32-38)43-17-9-10-18-45(43)48(46)39-15-5-2-6-16-39/h1-32,34,37H. The fourth-order valence-corrected chi connectivity index (χ4v) is 7.30. The van der Waals surface area contributed by atoms with Crippen LogP contribution in [-0.4, -0.2) is 4.57 Å². The molecule has 2 atom stereocenters. The van der Waals surface area contributed by atoms with Crippen LogP contribution in [0.4, 0.5) is 11.4 Å². The summed E-state index contributed by atoms with van der Waals surface area (Å²) in [6, 6.07) is 54.8. The maximum absolute atomic E-state index is 2.40. The van der Waals surface area contributed by atoms with Crippen LogP contribution in [0.5, 0.6) is 0 Å². The maximum Gasteiger partial charge on any atom is 0.0541 e. The predicted molar refractivity (Wildman–Crippen MR) is 203 cm³/mol. The summed E-state index contributed by atoms with van der Waals surface area (Å²) in [6.07, 6.45) is 15.9. The smallest absolute Gasteiger partial charge is 0.0541 e. The number of aromatic nitrogens is 1. The minimum absolute atomic E-state index is 0.352. The van der Waals surface area contributed by atoms with Crippen LogP contribution >= 0.6 is 0 Å². The Morgan fingerprint density at radius 1 is 0.438 bits per heavy atom. The number of anilines is 2. The van der Waals surface area contributed by atoms with Crippen molar-refractivity contribution in [1.82, 2.24) is 4.57 Å². The molecule has 0 saturated heterocycles. The van der Waals surface area contributed by atoms with Crippen molar-refractivity contribution in [2.75, 3.05) is 4.90 Å². The average molecular weight is 615 g/mol. The van der Waals surface area contributed by atoms with E-state index in [0.29, 0.717) is 11.8 Å². The molecule has 2 unspecified atom stereocenters. The van der Waals surface area contributed by atoms with Gasteiger partial charge in [-0.05, 0) is 82.9 Å². The Hall–Kier alpha value is -6.12. The van der Waals surface area contributed by atoms with Gasteiger partial charge in [0.15, 0.2) is 0 Å². The highest BCUT2D eigenvalue weighted by Gasteiger charge is 2.23. The number of allylic oxidation sites excluding steroid dienone is 7. The van der Waals surface area contributed by atoms with E-state index < -0.39 is 0 Å². The van der Waals surface area contributed by atoms with E-state index in [2.05, 4.69) is 204 Å². The summed E-state index contributed by atoms with van der Waals surface area (Å²) in [5.41, 5.74) is 11.9. The molecule has 0 bridgehead atoms. The van der Waals surface area contributed by atoms with Crippen molar-refractivity contribution in [2.24, 2.45) is 11.8 Å². The summed E-state index contributed by atoms with van der Waals surface area (Å²) in [6.45, 7) is 0. The van der Waals surface area contributed by atoms with Crippen LogP contribution in [-0.2, 0) is 0 Å². The molecule has 2 aliphatic carbocycles. The van der Waals surface area contributed by atoms with Gasteiger partial charge < -0.3 is 9.47 Å². The number of hydrogen-bond acceptors (Lipinski definition) is 1. The topological polar surface area (TPSA) is 8.17 Å². The minimum atomic E-state index is 0.352. The van der Waals surface area contributed by atoms with Crippen molar-refractivity contribution in [1.29, 1.82) is 0 Å². The van der Waals surface area contributed by atoms with E-state index in [4.69, 9.17) is 0 Å². The van der Waals surface area contributed by atoms with Crippen LogP contribution in [0.15, 0.2) is 200 Å². The van der Waals surface area contributed by atoms with Crippen LogP contribution in [0, 0.1) is 11.8 Å². The van der Waals surface area contributed by atoms with E-state index in [1.165, 1.54) is 55.4 Å². The molecule has 2 aliphatic rings. The van der Waals surface area contributed by atoms with Crippen LogP contribution in [0.2, 0.25) is 0 Å². The lowest BCUT2D eigenvalue weighted by atomic mass is 9.84. The zero-order valence-corrected chi connectivity index (χ0v) is 26.5. The van der Waals surface area contributed by atoms with E-state index in [0.717, 1.165) is 11.4 Å². The minimum Gasteiger partial charge on any atom is -0.311 e. The van der Waals surface area contributed by atoms with Gasteiger partial charge in [-0.2, -0.15) is 0 Å². The highest BCUT2D eigenvalue weighted by Crippen LogP contribution is 2.39. The highest BCUT2D eigenvalue weighted by atomic mass is 15.1. The van der Waals surface area contributed by atoms with E-state index in [1.54, 1.807) is 0 Å². The van der Waals surface area contributed by atoms with Crippen LogP contribution < -0.4 is 4.90 Å². The maximum atomic E-state index is 2.40. The SMILES string of the molecule is C1=CC2C=CC(N(c3ccc(-c4ccccc4)cc3)c3ccc(-c4ccc5c(c4)c4ccccc4n5-c4ccccc4)cc3)=CC2C=C1. The third kappa shape index (κ3) is 4.99. The largest absolute Gasteiger partial charge is 0.311 e. The fraction of sp³-hybridized carbons (Fsp3) is 0.0435. The molecular weight excluding hydrogens is 581 g/mol. The second kappa shape index (κ2) is 11.9. The zero-order chi connectivity index (χ0) is 31.9. The van der Waals surface area contributed by atoms with E-state index in [-0.39, 0.29) is 0 Å². The molecule has 0 fully saturated rings. The second-order valence-corrected chi connectivity index (χ2v) is 12.6. The summed E-state index contributed by atoms with van der Waals surface area (Å²) in [4.78, 5) is 2.38. The summed E-state index contributed by atoms with van der Waals surface area (Å²) < 4.78 is 2.37. The Kier molecular flexibility index (Phi) is 6.98. The molecule has 2 nitrogen and oxygen atoms in total. The number of nitrogens with zero attached hydrogens (tertiary/aromatic N) is 2. The average Bonchev–Trinajstić information content (AvgIpc) is 3.50. The van der Waals surface area contributed by atoms with E-state index in [9.17, 15) is 0 Å². The van der Waals surface area contributed by atoms with Gasteiger partial charge in [0, 0.05) is 45.4 Å². The molecule has 48 heavy (non-hydrogen) atoms. The lowest BCUT2D eigenvalue weighted by Crippen LogP contribution is -2.21. The molecule has 7 aromatic rings. The molecule has 1 heterocycles. The number of rotatable bonds is 6. The van der Waals surface area contributed by atoms with Crippen molar-refractivity contribution in [3.63, 3.8) is 0 Å². The van der Waals surface area contributed by atoms with Crippen molar-refractivity contribution in [3.8, 4) is 27.9 Å². The Bertz CT molecular complexity index is 2370. The van der Waals surface area contributed by atoms with E-state index >= 15 is 0 Å². The van der Waals surface area contributed by atoms with Crippen LogP contribution in [0.1, 0.15) is 0 Å². The first kappa shape index (κ1) is 28.1. The van der Waals surface area contributed by atoms with E-state index in [1.807, 2.05) is 0 Å². The summed E-state index contributed by atoms with van der Waals surface area (Å²) in [7, 11) is 0. The van der Waals surface area contributed by atoms with Gasteiger partial charge in [0.05, 0.1) is 11.0 Å². The summed E-state index contributed by atoms with van der Waals surface area (Å²) >= 11 is 0. The highest BCUT2D eigenvalue weighted by molar-refractivity contribution is 6.10. The summed E-state index contributed by atoms with van der Waals surface area (Å²) in [5, 5.41) is 2.53. The summed E-state index contributed by atoms with van der Waals surface area (Å²) in [5.74, 6) is 0.760. The quantitative estimate of drug-likeness (QED) is 0.181. The third-order valence-corrected chi connectivity index (χ3v) is 9.71. The number of benzene rings is 6. The molecule has 0 radical (unpaired) electrons. The van der Waals surface area contributed by atoms with Crippen LogP contribution in [0.25, 0.3) is 49.7 Å².